The molecule has 0 amide bonds. The summed E-state index contributed by atoms with van der Waals surface area (Å²) in [6.07, 6.45) is 10.2. The van der Waals surface area contributed by atoms with Gasteiger partial charge in [0.05, 0.1) is 30.1 Å². The van der Waals surface area contributed by atoms with E-state index in [1.807, 2.05) is 34.2 Å². The lowest BCUT2D eigenvalue weighted by Gasteiger charge is -2.25. The van der Waals surface area contributed by atoms with Gasteiger partial charge in [0, 0.05) is 18.1 Å². The summed E-state index contributed by atoms with van der Waals surface area (Å²) in [5, 5.41) is 16.8. The second-order valence-electron chi connectivity index (χ2n) is 5.18. The average Bonchev–Trinajstić information content (AvgIpc) is 3.11. The molecule has 2 N–H and O–H groups in total. The van der Waals surface area contributed by atoms with Crippen LogP contribution in [0.25, 0.3) is 16.6 Å². The first-order valence-electron chi connectivity index (χ1n) is 7.03. The quantitative estimate of drug-likeness (QED) is 0.895. The molecule has 1 unspecified atom stereocenters. The van der Waals surface area contributed by atoms with E-state index in [2.05, 4.69) is 40.9 Å². The van der Waals surface area contributed by atoms with E-state index in [1.165, 1.54) is 5.57 Å². The van der Waals surface area contributed by atoms with E-state index in [4.69, 9.17) is 5.11 Å². The summed E-state index contributed by atoms with van der Waals surface area (Å²) in [6, 6.07) is 8.31. The number of benzene rings is 1. The molecule has 4 rings (SSSR count). The summed E-state index contributed by atoms with van der Waals surface area (Å²) in [7, 11) is 0. The van der Waals surface area contributed by atoms with E-state index in [0.29, 0.717) is 6.54 Å². The fourth-order valence-electron chi connectivity index (χ4n) is 2.86. The van der Waals surface area contributed by atoms with E-state index in [-0.39, 0.29) is 12.6 Å². The summed E-state index contributed by atoms with van der Waals surface area (Å²) in [6.45, 7) is 0.713. The van der Waals surface area contributed by atoms with Crippen LogP contribution in [0.15, 0.2) is 60.5 Å². The molecule has 0 saturated carbocycles. The normalized spacial score (nSPS) is 21.1. The molecule has 1 aliphatic carbocycles. The van der Waals surface area contributed by atoms with Crippen LogP contribution in [0.1, 0.15) is 0 Å². The van der Waals surface area contributed by atoms with Crippen LogP contribution in [0, 0.1) is 0 Å². The number of allylic oxidation sites excluding steroid dienone is 2. The van der Waals surface area contributed by atoms with Gasteiger partial charge in [0.2, 0.25) is 0 Å². The number of para-hydroxylation sites is 1. The predicted molar refractivity (Wildman–Crippen MR) is 81.9 cm³/mol. The summed E-state index contributed by atoms with van der Waals surface area (Å²) in [4.78, 5) is 0. The predicted octanol–water partition coefficient (Wildman–Crippen LogP) is 1.51. The van der Waals surface area contributed by atoms with Crippen LogP contribution in [0.5, 0.6) is 0 Å². The molecule has 0 radical (unpaired) electrons. The molecule has 2 aliphatic rings. The van der Waals surface area contributed by atoms with Crippen molar-refractivity contribution in [1.82, 2.24) is 20.2 Å². The lowest BCUT2D eigenvalue weighted by Crippen LogP contribution is -2.40. The number of nitrogens with one attached hydrogen (secondary N) is 1. The Bertz CT molecular complexity index is 771. The molecule has 1 aromatic carbocycles. The number of aliphatic hydroxyl groups excluding tert-OH is 1. The second kappa shape index (κ2) is 4.87. The molecule has 1 aromatic heterocycles. The first-order chi connectivity index (χ1) is 10.4. The van der Waals surface area contributed by atoms with Crippen LogP contribution >= 0.6 is 0 Å². The van der Waals surface area contributed by atoms with Gasteiger partial charge in [0.1, 0.15) is 0 Å². The lowest BCUT2D eigenvalue weighted by atomic mass is 10.0. The van der Waals surface area contributed by atoms with Gasteiger partial charge in [-0.2, -0.15) is 5.10 Å². The van der Waals surface area contributed by atoms with Gasteiger partial charge in [-0.3, -0.25) is 0 Å². The Kier molecular flexibility index (Phi) is 2.87. The Morgan fingerprint density at radius 2 is 2.14 bits per heavy atom. The number of aliphatic hydroxyl groups is 1. The fourth-order valence-corrected chi connectivity index (χ4v) is 2.86. The van der Waals surface area contributed by atoms with E-state index in [1.54, 1.807) is 0 Å². The first kappa shape index (κ1) is 12.4. The Morgan fingerprint density at radius 1 is 1.24 bits per heavy atom. The highest BCUT2D eigenvalue weighted by molar-refractivity contribution is 5.83. The number of rotatable bonds is 3. The number of nitrogens with zero attached hydrogens (tertiary/aromatic N) is 3. The van der Waals surface area contributed by atoms with Crippen LogP contribution in [-0.2, 0) is 0 Å². The maximum Gasteiger partial charge on any atom is 0.0760 e. The van der Waals surface area contributed by atoms with Crippen LogP contribution in [0.3, 0.4) is 0 Å². The molecule has 0 fully saturated rings. The van der Waals surface area contributed by atoms with Crippen molar-refractivity contribution in [3.8, 4) is 0 Å². The molecule has 106 valence electrons. The van der Waals surface area contributed by atoms with E-state index in [0.717, 1.165) is 16.6 Å². The molecule has 1 atom stereocenters. The second-order valence-corrected chi connectivity index (χ2v) is 5.18. The van der Waals surface area contributed by atoms with Crippen molar-refractivity contribution in [2.75, 3.05) is 13.2 Å². The van der Waals surface area contributed by atoms with Crippen LogP contribution in [0.4, 0.5) is 0 Å². The Morgan fingerprint density at radius 3 is 3.05 bits per heavy atom. The van der Waals surface area contributed by atoms with Crippen molar-refractivity contribution in [2.24, 2.45) is 0 Å². The van der Waals surface area contributed by atoms with Gasteiger partial charge in [-0.1, -0.05) is 24.3 Å². The van der Waals surface area contributed by atoms with Gasteiger partial charge < -0.3 is 10.5 Å². The average molecular weight is 280 g/mol. The van der Waals surface area contributed by atoms with E-state index in [9.17, 15) is 0 Å². The van der Waals surface area contributed by atoms with Gasteiger partial charge in [-0.05, 0) is 23.8 Å². The first-order valence-corrected chi connectivity index (χ1v) is 7.03. The molecule has 5 heteroatoms. The minimum Gasteiger partial charge on any atom is -0.395 e. The van der Waals surface area contributed by atoms with Crippen molar-refractivity contribution in [2.45, 2.75) is 6.04 Å². The maximum absolute atomic E-state index is 9.15. The van der Waals surface area contributed by atoms with Crippen LogP contribution in [-0.4, -0.2) is 39.1 Å². The minimum atomic E-state index is 0.127. The highest BCUT2D eigenvalue weighted by Gasteiger charge is 2.26. The number of β-amino-alcohol motifs (C(OH)–C–C–N with tert-alkyl or cyclic N) is 1. The van der Waals surface area contributed by atoms with Crippen LogP contribution < -0.4 is 5.43 Å². The zero-order valence-corrected chi connectivity index (χ0v) is 11.5. The summed E-state index contributed by atoms with van der Waals surface area (Å²) >= 11 is 0. The standard InChI is InChI=1S/C16H16N4O/c21-8-7-19-16-9-14(6-5-13(16)10-17-19)20-15-4-2-1-3-12(15)11-18-20/h1-6,9-11,16-17,21H,7-8H2. The van der Waals surface area contributed by atoms with Crippen molar-refractivity contribution >= 4 is 16.6 Å². The Labute approximate surface area is 122 Å². The monoisotopic (exact) mass is 280 g/mol. The lowest BCUT2D eigenvalue weighted by molar-refractivity contribution is 0.165. The van der Waals surface area contributed by atoms with Gasteiger partial charge in [-0.15, -0.1) is 0 Å². The molecule has 0 spiro atoms. The molecule has 2 aromatic rings. The van der Waals surface area contributed by atoms with Crippen molar-refractivity contribution in [3.05, 3.63) is 60.5 Å². The SMILES string of the molecule is OCCN1NC=C2C=CC(n3ncc4ccccc43)=CC21. The van der Waals surface area contributed by atoms with Gasteiger partial charge in [0.25, 0.3) is 0 Å². The van der Waals surface area contributed by atoms with E-state index < -0.39 is 0 Å². The number of aromatic nitrogens is 2. The Balaban J connectivity index is 1.74. The number of fused-ring (bicyclic) bond motifs is 2. The molecular formula is C16H16N4O. The zero-order chi connectivity index (χ0) is 14.2. The number of hydrazine groups is 1. The molecule has 1 aliphatic heterocycles. The highest BCUT2D eigenvalue weighted by atomic mass is 16.3. The third-order valence-electron chi connectivity index (χ3n) is 3.91. The third kappa shape index (κ3) is 1.98. The van der Waals surface area contributed by atoms with Crippen LogP contribution in [0.2, 0.25) is 0 Å². The third-order valence-corrected chi connectivity index (χ3v) is 3.91. The van der Waals surface area contributed by atoms with Crippen molar-refractivity contribution in [3.63, 3.8) is 0 Å². The molecule has 21 heavy (non-hydrogen) atoms. The smallest absolute Gasteiger partial charge is 0.0760 e. The molecule has 5 nitrogen and oxygen atoms in total. The minimum absolute atomic E-state index is 0.127. The molecular weight excluding hydrogens is 264 g/mol. The number of hydrogen-bond acceptors (Lipinski definition) is 4. The summed E-state index contributed by atoms with van der Waals surface area (Å²) in [5.41, 5.74) is 6.53. The topological polar surface area (TPSA) is 53.3 Å². The summed E-state index contributed by atoms with van der Waals surface area (Å²) < 4.78 is 1.96. The van der Waals surface area contributed by atoms with Gasteiger partial charge in [0.15, 0.2) is 0 Å². The molecule has 0 saturated heterocycles. The molecule has 0 bridgehead atoms. The maximum atomic E-state index is 9.15. The number of hydrogen-bond donors (Lipinski definition) is 2. The largest absolute Gasteiger partial charge is 0.395 e. The van der Waals surface area contributed by atoms with Crippen molar-refractivity contribution < 1.29 is 5.11 Å². The molecule has 2 heterocycles. The van der Waals surface area contributed by atoms with Crippen molar-refractivity contribution in [1.29, 1.82) is 0 Å². The highest BCUT2D eigenvalue weighted by Crippen LogP contribution is 2.27. The van der Waals surface area contributed by atoms with Gasteiger partial charge >= 0.3 is 0 Å². The fraction of sp³-hybridized carbons (Fsp3) is 0.188. The zero-order valence-electron chi connectivity index (χ0n) is 11.5. The Hall–Kier alpha value is -2.37. The summed E-state index contributed by atoms with van der Waals surface area (Å²) in [5.74, 6) is 0. The van der Waals surface area contributed by atoms with Gasteiger partial charge in [-0.25, -0.2) is 9.69 Å². The van der Waals surface area contributed by atoms with E-state index >= 15 is 0 Å².